The van der Waals surface area contributed by atoms with E-state index in [1.165, 1.54) is 0 Å². The molecule has 0 aliphatic carbocycles. The molecule has 6 heteroatoms. The molecule has 0 radical (unpaired) electrons. The summed E-state index contributed by atoms with van der Waals surface area (Å²) < 4.78 is 31.1. The Balaban J connectivity index is 1.83. The van der Waals surface area contributed by atoms with E-state index < -0.39 is 11.6 Å². The van der Waals surface area contributed by atoms with Crippen LogP contribution in [0.25, 0.3) is 0 Å². The number of benzene rings is 1. The molecule has 0 unspecified atom stereocenters. The van der Waals surface area contributed by atoms with Gasteiger partial charge in [-0.25, -0.2) is 8.78 Å². The lowest BCUT2D eigenvalue weighted by molar-refractivity contribution is -0.135. The maximum Gasteiger partial charge on any atom is 0.260 e. The van der Waals surface area contributed by atoms with Crippen LogP contribution in [-0.4, -0.2) is 42.2 Å². The Labute approximate surface area is 116 Å². The van der Waals surface area contributed by atoms with Gasteiger partial charge in [0.1, 0.15) is 5.82 Å². The van der Waals surface area contributed by atoms with Crippen molar-refractivity contribution in [1.82, 2.24) is 4.90 Å². The van der Waals surface area contributed by atoms with Gasteiger partial charge < -0.3 is 14.7 Å². The summed E-state index contributed by atoms with van der Waals surface area (Å²) in [6.07, 6.45) is 1.51. The van der Waals surface area contributed by atoms with Crippen molar-refractivity contribution in [3.8, 4) is 5.75 Å². The van der Waals surface area contributed by atoms with Crippen molar-refractivity contribution in [2.45, 2.75) is 12.8 Å². The van der Waals surface area contributed by atoms with E-state index in [1.807, 2.05) is 0 Å². The van der Waals surface area contributed by atoms with E-state index >= 15 is 0 Å². The zero-order chi connectivity index (χ0) is 14.5. The van der Waals surface area contributed by atoms with Gasteiger partial charge in [-0.05, 0) is 30.9 Å². The average Bonchev–Trinajstić information content (AvgIpc) is 2.46. The summed E-state index contributed by atoms with van der Waals surface area (Å²) in [5.41, 5.74) is 0. The summed E-state index contributed by atoms with van der Waals surface area (Å²) in [6.45, 7) is 1.00. The number of aliphatic hydroxyl groups excluding tert-OH is 1. The standard InChI is InChI=1S/C14H17F2NO3/c15-11-1-2-13(12(16)7-11)20-9-14(19)17-5-3-10(8-18)4-6-17/h1-2,7,10,18H,3-6,8-9H2. The third-order valence-corrected chi connectivity index (χ3v) is 3.47. The second-order valence-electron chi connectivity index (χ2n) is 4.87. The largest absolute Gasteiger partial charge is 0.481 e. The number of carbonyl (C=O) groups is 1. The number of piperidine rings is 1. The lowest BCUT2D eigenvalue weighted by Crippen LogP contribution is -2.41. The van der Waals surface area contributed by atoms with E-state index in [2.05, 4.69) is 0 Å². The zero-order valence-corrected chi connectivity index (χ0v) is 11.0. The van der Waals surface area contributed by atoms with Crippen LogP contribution in [0.5, 0.6) is 5.75 Å². The molecular formula is C14H17F2NO3. The van der Waals surface area contributed by atoms with E-state index in [4.69, 9.17) is 9.84 Å². The van der Waals surface area contributed by atoms with Crippen molar-refractivity contribution in [2.75, 3.05) is 26.3 Å². The number of aliphatic hydroxyl groups is 1. The van der Waals surface area contributed by atoms with Crippen LogP contribution in [0.1, 0.15) is 12.8 Å². The first kappa shape index (κ1) is 14.7. The van der Waals surface area contributed by atoms with Gasteiger partial charge in [0.15, 0.2) is 18.2 Å². The molecule has 4 nitrogen and oxygen atoms in total. The monoisotopic (exact) mass is 285 g/mol. The lowest BCUT2D eigenvalue weighted by atomic mass is 9.98. The molecule has 1 aliphatic heterocycles. The molecule has 1 aromatic carbocycles. The Hall–Kier alpha value is -1.69. The van der Waals surface area contributed by atoms with Crippen LogP contribution in [0.15, 0.2) is 18.2 Å². The highest BCUT2D eigenvalue weighted by Crippen LogP contribution is 2.19. The Morgan fingerprint density at radius 2 is 2.05 bits per heavy atom. The molecule has 1 amide bonds. The topological polar surface area (TPSA) is 49.8 Å². The minimum Gasteiger partial charge on any atom is -0.481 e. The van der Waals surface area contributed by atoms with Gasteiger partial charge in [0.05, 0.1) is 0 Å². The predicted octanol–water partition coefficient (Wildman–Crippen LogP) is 1.57. The molecular weight excluding hydrogens is 268 g/mol. The molecule has 0 atom stereocenters. The first-order chi connectivity index (χ1) is 9.60. The maximum atomic E-state index is 13.3. The highest BCUT2D eigenvalue weighted by atomic mass is 19.1. The quantitative estimate of drug-likeness (QED) is 0.913. The van der Waals surface area contributed by atoms with Crippen LogP contribution in [-0.2, 0) is 4.79 Å². The maximum absolute atomic E-state index is 13.3. The Kier molecular flexibility index (Phi) is 4.89. The Morgan fingerprint density at radius 1 is 1.35 bits per heavy atom. The van der Waals surface area contributed by atoms with Crippen LogP contribution in [0.4, 0.5) is 8.78 Å². The molecule has 1 aromatic rings. The summed E-state index contributed by atoms with van der Waals surface area (Å²) in [5.74, 6) is -1.63. The summed E-state index contributed by atoms with van der Waals surface area (Å²) in [6, 6.07) is 2.96. The van der Waals surface area contributed by atoms with Crippen molar-refractivity contribution in [3.63, 3.8) is 0 Å². The van der Waals surface area contributed by atoms with Gasteiger partial charge in [0.25, 0.3) is 5.91 Å². The molecule has 2 rings (SSSR count). The normalized spacial score (nSPS) is 16.2. The first-order valence-corrected chi connectivity index (χ1v) is 6.56. The van der Waals surface area contributed by atoms with Crippen LogP contribution in [0.3, 0.4) is 0 Å². The summed E-state index contributed by atoms with van der Waals surface area (Å²) >= 11 is 0. The fourth-order valence-corrected chi connectivity index (χ4v) is 2.19. The van der Waals surface area contributed by atoms with Gasteiger partial charge in [0, 0.05) is 25.8 Å². The van der Waals surface area contributed by atoms with Gasteiger partial charge in [0.2, 0.25) is 0 Å². The number of amides is 1. The van der Waals surface area contributed by atoms with Crippen molar-refractivity contribution < 1.29 is 23.4 Å². The van der Waals surface area contributed by atoms with Crippen molar-refractivity contribution in [3.05, 3.63) is 29.8 Å². The smallest absolute Gasteiger partial charge is 0.260 e. The molecule has 1 aliphatic rings. The van der Waals surface area contributed by atoms with Crippen molar-refractivity contribution in [2.24, 2.45) is 5.92 Å². The molecule has 0 bridgehead atoms. The number of halogens is 2. The highest BCUT2D eigenvalue weighted by Gasteiger charge is 2.22. The van der Waals surface area contributed by atoms with Crippen molar-refractivity contribution >= 4 is 5.91 Å². The van der Waals surface area contributed by atoms with E-state index in [-0.39, 0.29) is 30.8 Å². The highest BCUT2D eigenvalue weighted by molar-refractivity contribution is 5.77. The van der Waals surface area contributed by atoms with Gasteiger partial charge in [-0.2, -0.15) is 0 Å². The number of hydrogen-bond acceptors (Lipinski definition) is 3. The van der Waals surface area contributed by atoms with Gasteiger partial charge >= 0.3 is 0 Å². The van der Waals surface area contributed by atoms with Crippen molar-refractivity contribution in [1.29, 1.82) is 0 Å². The first-order valence-electron chi connectivity index (χ1n) is 6.56. The Morgan fingerprint density at radius 3 is 2.65 bits per heavy atom. The molecule has 0 spiro atoms. The fourth-order valence-electron chi connectivity index (χ4n) is 2.19. The van der Waals surface area contributed by atoms with Crippen LogP contribution < -0.4 is 4.74 Å². The Bertz CT molecular complexity index is 473. The third kappa shape index (κ3) is 3.66. The fraction of sp³-hybridized carbons (Fsp3) is 0.500. The van der Waals surface area contributed by atoms with Gasteiger partial charge in [-0.15, -0.1) is 0 Å². The summed E-state index contributed by atoms with van der Waals surface area (Å²) in [4.78, 5) is 13.5. The van der Waals surface area contributed by atoms with Gasteiger partial charge in [-0.1, -0.05) is 0 Å². The molecule has 110 valence electrons. The number of hydrogen-bond donors (Lipinski definition) is 1. The van der Waals surface area contributed by atoms with Crippen LogP contribution in [0.2, 0.25) is 0 Å². The third-order valence-electron chi connectivity index (χ3n) is 3.47. The molecule has 0 aromatic heterocycles. The second kappa shape index (κ2) is 6.65. The molecule has 0 saturated carbocycles. The molecule has 20 heavy (non-hydrogen) atoms. The number of rotatable bonds is 4. The number of nitrogens with zero attached hydrogens (tertiary/aromatic N) is 1. The minimum atomic E-state index is -0.822. The average molecular weight is 285 g/mol. The predicted molar refractivity (Wildman–Crippen MR) is 68.2 cm³/mol. The van der Waals surface area contributed by atoms with E-state index in [9.17, 15) is 13.6 Å². The minimum absolute atomic E-state index is 0.134. The van der Waals surface area contributed by atoms with E-state index in [0.29, 0.717) is 19.2 Å². The zero-order valence-electron chi connectivity index (χ0n) is 11.0. The van der Waals surface area contributed by atoms with Gasteiger partial charge in [-0.3, -0.25) is 4.79 Å². The number of ether oxygens (including phenoxy) is 1. The second-order valence-corrected chi connectivity index (χ2v) is 4.87. The number of carbonyl (C=O) groups excluding carboxylic acids is 1. The van der Waals surface area contributed by atoms with Crippen LogP contribution >= 0.6 is 0 Å². The lowest BCUT2D eigenvalue weighted by Gasteiger charge is -2.31. The van der Waals surface area contributed by atoms with E-state index in [1.54, 1.807) is 4.90 Å². The molecule has 1 heterocycles. The van der Waals surface area contributed by atoms with Crippen LogP contribution in [0, 0.1) is 17.6 Å². The van der Waals surface area contributed by atoms with E-state index in [0.717, 1.165) is 25.0 Å². The molecule has 1 saturated heterocycles. The summed E-state index contributed by atoms with van der Waals surface area (Å²) in [5, 5.41) is 9.02. The SMILES string of the molecule is O=C(COc1ccc(F)cc1F)N1CCC(CO)CC1. The molecule has 1 fully saturated rings. The summed E-state index contributed by atoms with van der Waals surface area (Å²) in [7, 11) is 0. The molecule has 1 N–H and O–H groups in total. The number of likely N-dealkylation sites (tertiary alicyclic amines) is 1.